The predicted molar refractivity (Wildman–Crippen MR) is 61.3 cm³/mol. The number of carbonyl (C=O) groups is 1. The van der Waals surface area contributed by atoms with Crippen LogP contribution in [0.5, 0.6) is 0 Å². The van der Waals surface area contributed by atoms with Gasteiger partial charge in [0.15, 0.2) is 0 Å². The number of rotatable bonds is 5. The second-order valence-corrected chi connectivity index (χ2v) is 3.78. The van der Waals surface area contributed by atoms with Crippen molar-refractivity contribution in [3.8, 4) is 0 Å². The van der Waals surface area contributed by atoms with Gasteiger partial charge in [0.2, 0.25) is 5.91 Å². The van der Waals surface area contributed by atoms with Gasteiger partial charge in [-0.1, -0.05) is 25.1 Å². The average molecular weight is 224 g/mol. The maximum absolute atomic E-state index is 13.3. The van der Waals surface area contributed by atoms with E-state index in [1.807, 2.05) is 0 Å². The fraction of sp³-hybridized carbons (Fsp3) is 0.417. The third kappa shape index (κ3) is 3.62. The van der Waals surface area contributed by atoms with Crippen molar-refractivity contribution in [1.29, 1.82) is 0 Å². The van der Waals surface area contributed by atoms with E-state index < -0.39 is 0 Å². The van der Waals surface area contributed by atoms with Crippen molar-refractivity contribution in [2.24, 2.45) is 11.7 Å². The van der Waals surface area contributed by atoms with Crippen molar-refractivity contribution in [1.82, 2.24) is 5.32 Å². The van der Waals surface area contributed by atoms with E-state index in [4.69, 9.17) is 5.73 Å². The fourth-order valence-electron chi connectivity index (χ4n) is 1.46. The molecule has 1 amide bonds. The van der Waals surface area contributed by atoms with Crippen LogP contribution in [-0.4, -0.2) is 19.0 Å². The normalized spacial score (nSPS) is 12.2. The minimum Gasteiger partial charge on any atom is -0.355 e. The molecule has 0 spiro atoms. The van der Waals surface area contributed by atoms with Crippen molar-refractivity contribution >= 4 is 5.91 Å². The molecule has 0 aliphatic carbocycles. The average Bonchev–Trinajstić information content (AvgIpc) is 2.28. The second kappa shape index (κ2) is 6.23. The Morgan fingerprint density at radius 3 is 2.81 bits per heavy atom. The van der Waals surface area contributed by atoms with Crippen molar-refractivity contribution in [2.75, 3.05) is 13.1 Å². The highest BCUT2D eigenvalue weighted by atomic mass is 19.1. The second-order valence-electron chi connectivity index (χ2n) is 3.78. The van der Waals surface area contributed by atoms with E-state index in [1.165, 1.54) is 6.07 Å². The third-order valence-corrected chi connectivity index (χ3v) is 2.38. The minimum absolute atomic E-state index is 0.0892. The highest BCUT2D eigenvalue weighted by Crippen LogP contribution is 2.12. The van der Waals surface area contributed by atoms with E-state index in [0.717, 1.165) is 0 Å². The largest absolute Gasteiger partial charge is 0.355 e. The summed E-state index contributed by atoms with van der Waals surface area (Å²) in [7, 11) is 0. The highest BCUT2D eigenvalue weighted by molar-refractivity contribution is 5.78. The van der Waals surface area contributed by atoms with Gasteiger partial charge in [0, 0.05) is 19.0 Å². The summed E-state index contributed by atoms with van der Waals surface area (Å²) in [6, 6.07) is 6.50. The van der Waals surface area contributed by atoms with Crippen LogP contribution < -0.4 is 11.1 Å². The molecule has 3 nitrogen and oxygen atoms in total. The lowest BCUT2D eigenvalue weighted by atomic mass is 10.00. The molecular formula is C12H17FN2O. The van der Waals surface area contributed by atoms with Gasteiger partial charge in [0.25, 0.3) is 0 Å². The monoisotopic (exact) mass is 224 g/mol. The highest BCUT2D eigenvalue weighted by Gasteiger charge is 2.14. The maximum Gasteiger partial charge on any atom is 0.223 e. The molecule has 1 rings (SSSR count). The van der Waals surface area contributed by atoms with Crippen molar-refractivity contribution in [3.63, 3.8) is 0 Å². The molecular weight excluding hydrogens is 207 g/mol. The summed E-state index contributed by atoms with van der Waals surface area (Å²) in [6.07, 6.45) is 0.406. The van der Waals surface area contributed by atoms with Crippen LogP contribution in [0, 0.1) is 11.7 Å². The van der Waals surface area contributed by atoms with Crippen LogP contribution in [-0.2, 0) is 11.2 Å². The Hall–Kier alpha value is -1.42. The minimum atomic E-state index is -0.263. The summed E-state index contributed by atoms with van der Waals surface area (Å²) in [6.45, 7) is 2.65. The summed E-state index contributed by atoms with van der Waals surface area (Å²) in [4.78, 5) is 11.5. The summed E-state index contributed by atoms with van der Waals surface area (Å²) in [5.41, 5.74) is 5.85. The number of hydrogen-bond acceptors (Lipinski definition) is 2. The zero-order chi connectivity index (χ0) is 12.0. The quantitative estimate of drug-likeness (QED) is 0.786. The van der Waals surface area contributed by atoms with E-state index in [2.05, 4.69) is 5.32 Å². The van der Waals surface area contributed by atoms with Crippen LogP contribution in [0.2, 0.25) is 0 Å². The standard InChI is InChI=1S/C12H17FN2O/c1-9(12(16)15-7-6-14)8-10-4-2-3-5-11(10)13/h2-5,9H,6-8,14H2,1H3,(H,15,16). The predicted octanol–water partition coefficient (Wildman–Crippen LogP) is 1.08. The van der Waals surface area contributed by atoms with Crippen LogP contribution in [0.1, 0.15) is 12.5 Å². The Bertz CT molecular complexity index is 355. The molecule has 4 heteroatoms. The molecule has 1 atom stereocenters. The number of carbonyl (C=O) groups excluding carboxylic acids is 1. The molecule has 1 aromatic rings. The molecule has 0 fully saturated rings. The Labute approximate surface area is 94.8 Å². The lowest BCUT2D eigenvalue weighted by molar-refractivity contribution is -0.124. The lowest BCUT2D eigenvalue weighted by Gasteiger charge is -2.12. The van der Waals surface area contributed by atoms with Gasteiger partial charge in [-0.05, 0) is 18.1 Å². The molecule has 0 radical (unpaired) electrons. The van der Waals surface area contributed by atoms with Gasteiger partial charge in [0.1, 0.15) is 5.82 Å². The Morgan fingerprint density at radius 1 is 1.50 bits per heavy atom. The van der Waals surface area contributed by atoms with Crippen LogP contribution in [0.15, 0.2) is 24.3 Å². The number of nitrogens with two attached hydrogens (primary N) is 1. The first-order valence-electron chi connectivity index (χ1n) is 5.36. The first-order chi connectivity index (χ1) is 7.65. The molecule has 0 heterocycles. The van der Waals surface area contributed by atoms with Crippen LogP contribution >= 0.6 is 0 Å². The maximum atomic E-state index is 13.3. The molecule has 1 unspecified atom stereocenters. The van der Waals surface area contributed by atoms with Gasteiger partial charge in [-0.2, -0.15) is 0 Å². The molecule has 3 N–H and O–H groups in total. The van der Waals surface area contributed by atoms with Crippen LogP contribution in [0.25, 0.3) is 0 Å². The van der Waals surface area contributed by atoms with E-state index in [0.29, 0.717) is 25.1 Å². The summed E-state index contributed by atoms with van der Waals surface area (Å²) < 4.78 is 13.3. The van der Waals surface area contributed by atoms with Gasteiger partial charge >= 0.3 is 0 Å². The molecule has 88 valence electrons. The van der Waals surface area contributed by atoms with Crippen molar-refractivity contribution < 1.29 is 9.18 Å². The van der Waals surface area contributed by atoms with Crippen molar-refractivity contribution in [2.45, 2.75) is 13.3 Å². The summed E-state index contributed by atoms with van der Waals surface area (Å²) in [5.74, 6) is -0.599. The fourth-order valence-corrected chi connectivity index (χ4v) is 1.46. The van der Waals surface area contributed by atoms with Gasteiger partial charge in [-0.25, -0.2) is 4.39 Å². The lowest BCUT2D eigenvalue weighted by Crippen LogP contribution is -2.34. The topological polar surface area (TPSA) is 55.1 Å². The summed E-state index contributed by atoms with van der Waals surface area (Å²) in [5, 5.41) is 2.69. The number of benzene rings is 1. The molecule has 0 aromatic heterocycles. The van der Waals surface area contributed by atoms with E-state index >= 15 is 0 Å². The molecule has 0 saturated carbocycles. The number of amides is 1. The van der Waals surface area contributed by atoms with E-state index in [-0.39, 0.29) is 17.6 Å². The Kier molecular flexibility index (Phi) is 4.92. The smallest absolute Gasteiger partial charge is 0.223 e. The van der Waals surface area contributed by atoms with Gasteiger partial charge in [-0.15, -0.1) is 0 Å². The molecule has 0 bridgehead atoms. The first-order valence-corrected chi connectivity index (χ1v) is 5.36. The Balaban J connectivity index is 2.54. The van der Waals surface area contributed by atoms with Gasteiger partial charge < -0.3 is 11.1 Å². The molecule has 0 aliphatic heterocycles. The molecule has 0 saturated heterocycles. The molecule has 16 heavy (non-hydrogen) atoms. The van der Waals surface area contributed by atoms with E-state index in [1.54, 1.807) is 25.1 Å². The number of hydrogen-bond donors (Lipinski definition) is 2. The summed E-state index contributed by atoms with van der Waals surface area (Å²) >= 11 is 0. The SMILES string of the molecule is CC(Cc1ccccc1F)C(=O)NCCN. The molecule has 1 aromatic carbocycles. The zero-order valence-corrected chi connectivity index (χ0v) is 9.37. The number of halogens is 1. The van der Waals surface area contributed by atoms with Crippen LogP contribution in [0.4, 0.5) is 4.39 Å². The van der Waals surface area contributed by atoms with E-state index in [9.17, 15) is 9.18 Å². The van der Waals surface area contributed by atoms with Crippen LogP contribution in [0.3, 0.4) is 0 Å². The molecule has 0 aliphatic rings. The van der Waals surface area contributed by atoms with Gasteiger partial charge in [0.05, 0.1) is 0 Å². The Morgan fingerprint density at radius 2 is 2.19 bits per heavy atom. The van der Waals surface area contributed by atoms with Crippen molar-refractivity contribution in [3.05, 3.63) is 35.6 Å². The number of nitrogens with one attached hydrogen (secondary N) is 1. The van der Waals surface area contributed by atoms with Gasteiger partial charge in [-0.3, -0.25) is 4.79 Å². The first kappa shape index (κ1) is 12.6. The zero-order valence-electron chi connectivity index (χ0n) is 9.37. The third-order valence-electron chi connectivity index (χ3n) is 2.38.